The van der Waals surface area contributed by atoms with Gasteiger partial charge in [-0.3, -0.25) is 9.89 Å². The number of aromatic amines is 1. The number of nitrogens with two attached hydrogens (primary N) is 1. The molecular weight excluding hydrogens is 319 g/mol. The highest BCUT2D eigenvalue weighted by atomic mass is 16.4. The molecule has 126 valence electrons. The van der Waals surface area contributed by atoms with Crippen molar-refractivity contribution in [3.8, 4) is 11.1 Å². The first kappa shape index (κ1) is 15.7. The number of anilines is 1. The van der Waals surface area contributed by atoms with Crippen molar-refractivity contribution in [2.45, 2.75) is 31.6 Å². The summed E-state index contributed by atoms with van der Waals surface area (Å²) in [6.45, 7) is 0. The maximum atomic E-state index is 11.2. The minimum absolute atomic E-state index is 0.106. The Morgan fingerprint density at radius 2 is 2.08 bits per heavy atom. The number of hydrogen-bond donors (Lipinski definition) is 3. The summed E-state index contributed by atoms with van der Waals surface area (Å²) < 4.78 is 1.53. The van der Waals surface area contributed by atoms with Crippen LogP contribution in [0.2, 0.25) is 0 Å². The van der Waals surface area contributed by atoms with Crippen LogP contribution in [-0.4, -0.2) is 43.7 Å². The van der Waals surface area contributed by atoms with Crippen molar-refractivity contribution in [1.82, 2.24) is 24.8 Å². The summed E-state index contributed by atoms with van der Waals surface area (Å²) >= 11 is 0. The summed E-state index contributed by atoms with van der Waals surface area (Å²) in [4.78, 5) is 15.9. The zero-order valence-electron chi connectivity index (χ0n) is 13.5. The van der Waals surface area contributed by atoms with Crippen molar-refractivity contribution in [2.24, 2.45) is 5.92 Å². The Morgan fingerprint density at radius 3 is 2.72 bits per heavy atom. The minimum atomic E-state index is -0.729. The van der Waals surface area contributed by atoms with Crippen LogP contribution in [0, 0.1) is 5.92 Å². The van der Waals surface area contributed by atoms with E-state index in [4.69, 9.17) is 23.7 Å². The molecule has 1 aliphatic carbocycles. The highest BCUT2D eigenvalue weighted by Crippen LogP contribution is 2.35. The van der Waals surface area contributed by atoms with Gasteiger partial charge in [0.25, 0.3) is 0 Å². The van der Waals surface area contributed by atoms with Crippen LogP contribution in [0.4, 0.5) is 5.82 Å². The minimum Gasteiger partial charge on any atom is -0.481 e. The Hall–Kier alpha value is -2.84. The third-order valence-corrected chi connectivity index (χ3v) is 5.02. The summed E-state index contributed by atoms with van der Waals surface area (Å²) in [5, 5.41) is 20.2. The number of nitrogen functional groups attached to an aromatic ring is 1. The van der Waals surface area contributed by atoms with E-state index in [0.29, 0.717) is 29.8 Å². The van der Waals surface area contributed by atoms with Crippen molar-refractivity contribution in [3.05, 3.63) is 24.3 Å². The number of H-pyrrole nitrogens is 1. The number of aliphatic carboxylic acids is 1. The van der Waals surface area contributed by atoms with E-state index in [0.717, 1.165) is 29.7 Å². The molecule has 2 radical (unpaired) electrons. The Labute approximate surface area is 144 Å². The maximum Gasteiger partial charge on any atom is 0.306 e. The Morgan fingerprint density at radius 1 is 1.32 bits per heavy atom. The number of hydrogen-bond acceptors (Lipinski definition) is 5. The number of aromatic nitrogens is 5. The largest absolute Gasteiger partial charge is 0.481 e. The van der Waals surface area contributed by atoms with Gasteiger partial charge in [-0.15, -0.1) is 0 Å². The molecule has 0 unspecified atom stereocenters. The van der Waals surface area contributed by atoms with Gasteiger partial charge in [-0.2, -0.15) is 14.7 Å². The van der Waals surface area contributed by atoms with Crippen LogP contribution in [-0.2, 0) is 4.79 Å². The third kappa shape index (κ3) is 2.55. The molecule has 0 spiro atoms. The fraction of sp³-hybridized carbons (Fsp3) is 0.375. The average Bonchev–Trinajstić information content (AvgIpc) is 3.27. The second kappa shape index (κ2) is 5.91. The lowest BCUT2D eigenvalue weighted by Crippen LogP contribution is -2.28. The second-order valence-electron chi connectivity index (χ2n) is 6.46. The highest BCUT2D eigenvalue weighted by Gasteiger charge is 2.29. The highest BCUT2D eigenvalue weighted by molar-refractivity contribution is 6.36. The molecular formula is C16H17BN6O2. The lowest BCUT2D eigenvalue weighted by Gasteiger charge is -2.27. The summed E-state index contributed by atoms with van der Waals surface area (Å²) in [7, 11) is 6.22. The van der Waals surface area contributed by atoms with Crippen molar-refractivity contribution in [1.29, 1.82) is 0 Å². The van der Waals surface area contributed by atoms with Gasteiger partial charge in [0.15, 0.2) is 5.65 Å². The van der Waals surface area contributed by atoms with Gasteiger partial charge < -0.3 is 10.8 Å². The van der Waals surface area contributed by atoms with Crippen LogP contribution in [0.15, 0.2) is 18.6 Å². The molecule has 0 bridgehead atoms. The van der Waals surface area contributed by atoms with Gasteiger partial charge >= 0.3 is 5.97 Å². The molecule has 9 heteroatoms. The average molecular weight is 336 g/mol. The van der Waals surface area contributed by atoms with Crippen molar-refractivity contribution < 1.29 is 9.90 Å². The van der Waals surface area contributed by atoms with E-state index >= 15 is 0 Å². The van der Waals surface area contributed by atoms with Crippen LogP contribution in [0.3, 0.4) is 0 Å². The number of fused-ring (bicyclic) bond motifs is 1. The van der Waals surface area contributed by atoms with E-state index < -0.39 is 5.97 Å². The Kier molecular flexibility index (Phi) is 3.71. The predicted molar refractivity (Wildman–Crippen MR) is 92.7 cm³/mol. The zero-order chi connectivity index (χ0) is 17.6. The molecule has 1 aliphatic rings. The Balaban J connectivity index is 1.76. The van der Waals surface area contributed by atoms with Gasteiger partial charge in [-0.05, 0) is 31.1 Å². The van der Waals surface area contributed by atoms with Crippen LogP contribution >= 0.6 is 0 Å². The molecule has 4 N–H and O–H groups in total. The van der Waals surface area contributed by atoms with Crippen LogP contribution in [0.25, 0.3) is 16.8 Å². The van der Waals surface area contributed by atoms with E-state index in [2.05, 4.69) is 15.3 Å². The summed E-state index contributed by atoms with van der Waals surface area (Å²) in [5.74, 6) is -0.549. The van der Waals surface area contributed by atoms with Gasteiger partial charge in [0, 0.05) is 28.9 Å². The molecule has 1 fully saturated rings. The van der Waals surface area contributed by atoms with E-state index in [1.54, 1.807) is 18.6 Å². The van der Waals surface area contributed by atoms with Crippen molar-refractivity contribution in [2.75, 3.05) is 5.73 Å². The first-order valence-electron chi connectivity index (χ1n) is 8.20. The monoisotopic (exact) mass is 336 g/mol. The maximum absolute atomic E-state index is 11.2. The molecule has 3 aromatic rings. The van der Waals surface area contributed by atoms with E-state index in [1.807, 2.05) is 0 Å². The number of nitrogens with zero attached hydrogens (tertiary/aromatic N) is 4. The van der Waals surface area contributed by atoms with Gasteiger partial charge in [-0.25, -0.2) is 4.98 Å². The molecule has 3 heterocycles. The first-order valence-corrected chi connectivity index (χ1v) is 8.20. The standard InChI is InChI=1S/C16H17BN6O2/c17-12-13(8-1-3-9(4-2-8)16(24)25)22-15-11(10-5-19-20-6-10)7-21-23(15)14(12)18/h5-9H,1-4,18H2,(H,19,20)(H,24,25). The van der Waals surface area contributed by atoms with Gasteiger partial charge in [-0.1, -0.05) is 0 Å². The predicted octanol–water partition coefficient (Wildman–Crippen LogP) is 0.854. The van der Waals surface area contributed by atoms with Gasteiger partial charge in [0.2, 0.25) is 0 Å². The third-order valence-electron chi connectivity index (χ3n) is 5.02. The van der Waals surface area contributed by atoms with Crippen LogP contribution in [0.5, 0.6) is 0 Å². The number of carboxylic acid groups (broad SMARTS) is 1. The van der Waals surface area contributed by atoms with Crippen molar-refractivity contribution >= 4 is 30.7 Å². The molecule has 0 amide bonds. The fourth-order valence-corrected chi connectivity index (χ4v) is 3.57. The SMILES string of the molecule is [B]c1c(C2CCC(C(=O)O)CC2)nc2c(-c3cn[nH]c3)cnn2c1N. The zero-order valence-corrected chi connectivity index (χ0v) is 13.5. The molecule has 25 heavy (non-hydrogen) atoms. The molecule has 8 nitrogen and oxygen atoms in total. The summed E-state index contributed by atoms with van der Waals surface area (Å²) in [5.41, 5.74) is 9.66. The van der Waals surface area contributed by atoms with E-state index in [-0.39, 0.29) is 11.8 Å². The number of carbonyl (C=O) groups is 1. The van der Waals surface area contributed by atoms with Gasteiger partial charge in [0.05, 0.1) is 18.3 Å². The molecule has 0 aromatic carbocycles. The molecule has 0 saturated heterocycles. The molecule has 0 aliphatic heterocycles. The molecule has 0 atom stereocenters. The molecule has 3 aromatic heterocycles. The van der Waals surface area contributed by atoms with Gasteiger partial charge in [0.1, 0.15) is 13.7 Å². The first-order chi connectivity index (χ1) is 12.1. The van der Waals surface area contributed by atoms with E-state index in [1.165, 1.54) is 4.52 Å². The summed E-state index contributed by atoms with van der Waals surface area (Å²) in [6.07, 6.45) is 7.87. The Bertz CT molecular complexity index is 928. The number of nitrogens with one attached hydrogen (secondary N) is 1. The van der Waals surface area contributed by atoms with Crippen LogP contribution in [0.1, 0.15) is 37.3 Å². The molecule has 1 saturated carbocycles. The molecule has 4 rings (SSSR count). The number of rotatable bonds is 3. The van der Waals surface area contributed by atoms with Crippen molar-refractivity contribution in [3.63, 3.8) is 0 Å². The van der Waals surface area contributed by atoms with Crippen LogP contribution < -0.4 is 11.2 Å². The lowest BCUT2D eigenvalue weighted by molar-refractivity contribution is -0.142. The lowest BCUT2D eigenvalue weighted by atomic mass is 9.77. The van der Waals surface area contributed by atoms with E-state index in [9.17, 15) is 4.79 Å². The number of carboxylic acids is 1. The summed E-state index contributed by atoms with van der Waals surface area (Å²) in [6, 6.07) is 0. The normalized spacial score (nSPS) is 20.8. The fourth-order valence-electron chi connectivity index (χ4n) is 3.57. The smallest absolute Gasteiger partial charge is 0.306 e. The quantitative estimate of drug-likeness (QED) is 0.610. The topological polar surface area (TPSA) is 122 Å². The second-order valence-corrected chi connectivity index (χ2v) is 6.46.